The first-order valence-corrected chi connectivity index (χ1v) is 6.34. The van der Waals surface area contributed by atoms with E-state index in [4.69, 9.17) is 16.3 Å². The molecule has 1 saturated heterocycles. The minimum absolute atomic E-state index is 0.283. The lowest BCUT2D eigenvalue weighted by Gasteiger charge is -2.29. The number of halogens is 1. The second-order valence-electron chi connectivity index (χ2n) is 5.04. The highest BCUT2D eigenvalue weighted by Gasteiger charge is 2.30. The maximum atomic E-state index is 6.05. The monoisotopic (exact) mass is 218 g/mol. The number of hydrogen-bond donors (Lipinski definition) is 0. The zero-order chi connectivity index (χ0) is 10.6. The minimum Gasteiger partial charge on any atom is -0.375 e. The predicted octanol–water partition coefficient (Wildman–Crippen LogP) is 3.99. The van der Waals surface area contributed by atoms with Crippen LogP contribution in [0.1, 0.15) is 52.9 Å². The second kappa shape index (κ2) is 5.37. The first-order valence-electron chi connectivity index (χ1n) is 5.81. The molecule has 0 N–H and O–H groups in total. The first kappa shape index (κ1) is 12.3. The van der Waals surface area contributed by atoms with Crippen LogP contribution in [0.5, 0.6) is 0 Å². The number of rotatable bonds is 5. The molecule has 1 fully saturated rings. The number of alkyl halides is 1. The molecule has 84 valence electrons. The Morgan fingerprint density at radius 2 is 2.14 bits per heavy atom. The summed E-state index contributed by atoms with van der Waals surface area (Å²) in [6.07, 6.45) is 6.92. The van der Waals surface area contributed by atoms with Gasteiger partial charge in [0.25, 0.3) is 0 Å². The lowest BCUT2D eigenvalue weighted by Crippen LogP contribution is -2.25. The molecular formula is C12H23ClO. The van der Waals surface area contributed by atoms with E-state index >= 15 is 0 Å². The zero-order valence-electron chi connectivity index (χ0n) is 9.68. The van der Waals surface area contributed by atoms with Gasteiger partial charge < -0.3 is 4.74 Å². The van der Waals surface area contributed by atoms with Crippen LogP contribution in [0, 0.1) is 5.41 Å². The molecule has 0 aliphatic carbocycles. The molecule has 1 rings (SSSR count). The van der Waals surface area contributed by atoms with Gasteiger partial charge in [0, 0.05) is 5.88 Å². The molecule has 0 aromatic rings. The molecule has 3 atom stereocenters. The van der Waals surface area contributed by atoms with Gasteiger partial charge in [-0.15, -0.1) is 11.6 Å². The highest BCUT2D eigenvalue weighted by atomic mass is 35.5. The average molecular weight is 219 g/mol. The predicted molar refractivity (Wildman–Crippen MR) is 61.9 cm³/mol. The van der Waals surface area contributed by atoms with Crippen LogP contribution in [0.3, 0.4) is 0 Å². The van der Waals surface area contributed by atoms with Crippen LogP contribution in [-0.4, -0.2) is 18.1 Å². The van der Waals surface area contributed by atoms with E-state index in [-0.39, 0.29) is 5.41 Å². The maximum absolute atomic E-state index is 6.05. The van der Waals surface area contributed by atoms with Gasteiger partial charge in [0.2, 0.25) is 0 Å². The lowest BCUT2D eigenvalue weighted by atomic mass is 9.82. The Hall–Kier alpha value is 0.250. The summed E-state index contributed by atoms with van der Waals surface area (Å²) in [7, 11) is 0. The van der Waals surface area contributed by atoms with Gasteiger partial charge >= 0.3 is 0 Å². The molecule has 1 heterocycles. The van der Waals surface area contributed by atoms with E-state index in [0.29, 0.717) is 12.2 Å². The number of hydrogen-bond acceptors (Lipinski definition) is 1. The molecule has 0 bridgehead atoms. The van der Waals surface area contributed by atoms with Crippen LogP contribution >= 0.6 is 11.6 Å². The quantitative estimate of drug-likeness (QED) is 0.635. The van der Waals surface area contributed by atoms with Crippen LogP contribution in [0.4, 0.5) is 0 Å². The minimum atomic E-state index is 0.283. The lowest BCUT2D eigenvalue weighted by molar-refractivity contribution is 0.0275. The van der Waals surface area contributed by atoms with Gasteiger partial charge in [-0.05, 0) is 38.0 Å². The topological polar surface area (TPSA) is 9.23 Å². The third-order valence-corrected chi connectivity index (χ3v) is 3.86. The molecule has 0 saturated carbocycles. The maximum Gasteiger partial charge on any atom is 0.0585 e. The van der Waals surface area contributed by atoms with Crippen molar-refractivity contribution in [1.82, 2.24) is 0 Å². The molecule has 0 radical (unpaired) electrons. The van der Waals surface area contributed by atoms with Crippen LogP contribution < -0.4 is 0 Å². The molecule has 3 unspecified atom stereocenters. The SMILES string of the molecule is CCCC(C)(CCl)CC1CCC(C)O1. The van der Waals surface area contributed by atoms with Crippen molar-refractivity contribution in [2.75, 3.05) is 5.88 Å². The van der Waals surface area contributed by atoms with E-state index < -0.39 is 0 Å². The van der Waals surface area contributed by atoms with E-state index in [1.165, 1.54) is 25.7 Å². The number of ether oxygens (including phenoxy) is 1. The van der Waals surface area contributed by atoms with Crippen molar-refractivity contribution in [2.45, 2.75) is 65.1 Å². The molecular weight excluding hydrogens is 196 g/mol. The van der Waals surface area contributed by atoms with Crippen LogP contribution in [0.2, 0.25) is 0 Å². The van der Waals surface area contributed by atoms with Gasteiger partial charge in [-0.3, -0.25) is 0 Å². The van der Waals surface area contributed by atoms with Gasteiger partial charge in [0.1, 0.15) is 0 Å². The molecule has 0 aromatic carbocycles. The molecule has 14 heavy (non-hydrogen) atoms. The van der Waals surface area contributed by atoms with Gasteiger partial charge in [-0.1, -0.05) is 20.3 Å². The molecule has 1 aliphatic heterocycles. The largest absolute Gasteiger partial charge is 0.375 e. The highest BCUT2D eigenvalue weighted by Crippen LogP contribution is 2.35. The van der Waals surface area contributed by atoms with Crippen molar-refractivity contribution < 1.29 is 4.74 Å². The smallest absolute Gasteiger partial charge is 0.0585 e. The van der Waals surface area contributed by atoms with Gasteiger partial charge in [0.15, 0.2) is 0 Å². The fourth-order valence-electron chi connectivity index (χ4n) is 2.41. The normalized spacial score (nSPS) is 31.7. The Labute approximate surface area is 93.2 Å². The van der Waals surface area contributed by atoms with E-state index in [1.54, 1.807) is 0 Å². The Bertz CT molecular complexity index is 172. The highest BCUT2D eigenvalue weighted by molar-refractivity contribution is 6.18. The Morgan fingerprint density at radius 1 is 1.43 bits per heavy atom. The first-order chi connectivity index (χ1) is 6.59. The molecule has 2 heteroatoms. The van der Waals surface area contributed by atoms with Gasteiger partial charge in [-0.25, -0.2) is 0 Å². The third kappa shape index (κ3) is 3.43. The summed E-state index contributed by atoms with van der Waals surface area (Å²) in [5.74, 6) is 0.759. The fraction of sp³-hybridized carbons (Fsp3) is 1.00. The van der Waals surface area contributed by atoms with Crippen molar-refractivity contribution in [1.29, 1.82) is 0 Å². The second-order valence-corrected chi connectivity index (χ2v) is 5.31. The van der Waals surface area contributed by atoms with E-state index in [2.05, 4.69) is 20.8 Å². The van der Waals surface area contributed by atoms with Crippen molar-refractivity contribution in [3.63, 3.8) is 0 Å². The zero-order valence-corrected chi connectivity index (χ0v) is 10.4. The molecule has 1 aliphatic rings. The Kier molecular flexibility index (Phi) is 4.72. The standard InChI is InChI=1S/C12H23ClO/c1-4-7-12(3,9-13)8-11-6-5-10(2)14-11/h10-11H,4-9H2,1-3H3. The average Bonchev–Trinajstić information content (AvgIpc) is 2.51. The molecule has 0 aromatic heterocycles. The summed E-state index contributed by atoms with van der Waals surface area (Å²) < 4.78 is 5.85. The third-order valence-electron chi connectivity index (χ3n) is 3.22. The molecule has 0 spiro atoms. The van der Waals surface area contributed by atoms with Gasteiger partial charge in [-0.2, -0.15) is 0 Å². The molecule has 1 nitrogen and oxygen atoms in total. The Balaban J connectivity index is 2.39. The summed E-state index contributed by atoms with van der Waals surface area (Å²) in [6, 6.07) is 0. The van der Waals surface area contributed by atoms with E-state index in [1.807, 2.05) is 0 Å². The summed E-state index contributed by atoms with van der Waals surface area (Å²) in [5.41, 5.74) is 0.283. The van der Waals surface area contributed by atoms with E-state index in [9.17, 15) is 0 Å². The van der Waals surface area contributed by atoms with Crippen molar-refractivity contribution in [3.8, 4) is 0 Å². The fourth-order valence-corrected chi connectivity index (χ4v) is 2.65. The van der Waals surface area contributed by atoms with Crippen molar-refractivity contribution >= 4 is 11.6 Å². The van der Waals surface area contributed by atoms with Crippen LogP contribution in [-0.2, 0) is 4.74 Å². The van der Waals surface area contributed by atoms with Crippen LogP contribution in [0.15, 0.2) is 0 Å². The van der Waals surface area contributed by atoms with Crippen molar-refractivity contribution in [3.05, 3.63) is 0 Å². The van der Waals surface area contributed by atoms with E-state index in [0.717, 1.165) is 12.3 Å². The van der Waals surface area contributed by atoms with Crippen LogP contribution in [0.25, 0.3) is 0 Å². The summed E-state index contributed by atoms with van der Waals surface area (Å²) in [4.78, 5) is 0. The summed E-state index contributed by atoms with van der Waals surface area (Å²) >= 11 is 6.05. The van der Waals surface area contributed by atoms with Gasteiger partial charge in [0.05, 0.1) is 12.2 Å². The summed E-state index contributed by atoms with van der Waals surface area (Å²) in [5, 5.41) is 0. The van der Waals surface area contributed by atoms with Crippen molar-refractivity contribution in [2.24, 2.45) is 5.41 Å². The Morgan fingerprint density at radius 3 is 2.57 bits per heavy atom. The molecule has 0 amide bonds. The summed E-state index contributed by atoms with van der Waals surface area (Å²) in [6.45, 7) is 6.68.